The van der Waals surface area contributed by atoms with Crippen molar-refractivity contribution in [3.8, 4) is 5.75 Å². The molecule has 1 aliphatic rings. The van der Waals surface area contributed by atoms with Crippen LogP contribution in [0.1, 0.15) is 18.5 Å². The number of nitrogens with zero attached hydrogens (tertiary/aromatic N) is 2. The molecule has 0 radical (unpaired) electrons. The zero-order valence-electron chi connectivity index (χ0n) is 15.1. The molecule has 0 spiro atoms. The number of carbonyl (C=O) groups excluding carboxylic acids is 1. The lowest BCUT2D eigenvalue weighted by molar-refractivity contribution is -0.142. The Kier molecular flexibility index (Phi) is 7.07. The molecule has 156 valence electrons. The molecule has 1 fully saturated rings. The summed E-state index contributed by atoms with van der Waals surface area (Å²) in [6.07, 6.45) is -3.08. The van der Waals surface area contributed by atoms with E-state index in [-0.39, 0.29) is 5.95 Å². The largest absolute Gasteiger partial charge is 0.437 e. The monoisotopic (exact) mass is 446 g/mol. The van der Waals surface area contributed by atoms with Gasteiger partial charge in [-0.3, -0.25) is 0 Å². The summed E-state index contributed by atoms with van der Waals surface area (Å²) in [5.41, 5.74) is -0.927. The van der Waals surface area contributed by atoms with Gasteiger partial charge in [0.15, 0.2) is 11.4 Å². The van der Waals surface area contributed by atoms with E-state index in [1.165, 1.54) is 6.07 Å². The molecule has 6 nitrogen and oxygen atoms in total. The van der Waals surface area contributed by atoms with Gasteiger partial charge in [-0.05, 0) is 48.5 Å². The number of halogens is 4. The van der Waals surface area contributed by atoms with Crippen LogP contribution in [0.15, 0.2) is 30.5 Å². The third-order valence-electron chi connectivity index (χ3n) is 4.18. The molecule has 2 N–H and O–H groups in total. The first-order valence-electron chi connectivity index (χ1n) is 8.81. The number of thioether (sulfide) groups is 1. The Morgan fingerprint density at radius 3 is 2.76 bits per heavy atom. The lowest BCUT2D eigenvalue weighted by Gasteiger charge is -2.21. The summed E-state index contributed by atoms with van der Waals surface area (Å²) >= 11 is 7.70. The normalized spacial score (nSPS) is 15.0. The fourth-order valence-corrected chi connectivity index (χ4v) is 4.11. The topological polar surface area (TPSA) is 76.1 Å². The molecule has 1 aromatic carbocycles. The Balaban J connectivity index is 1.69. The quantitative estimate of drug-likeness (QED) is 0.663. The van der Waals surface area contributed by atoms with E-state index in [0.29, 0.717) is 23.2 Å². The number of nitrogens with one attached hydrogen (secondary N) is 2. The van der Waals surface area contributed by atoms with Gasteiger partial charge in [0, 0.05) is 17.3 Å². The van der Waals surface area contributed by atoms with Gasteiger partial charge in [0.05, 0.1) is 6.20 Å². The Bertz CT molecular complexity index is 863. The second-order valence-corrected chi connectivity index (χ2v) is 8.03. The van der Waals surface area contributed by atoms with Gasteiger partial charge in [-0.15, -0.1) is 0 Å². The predicted octanol–water partition coefficient (Wildman–Crippen LogP) is 5.12. The van der Waals surface area contributed by atoms with Crippen molar-refractivity contribution in [2.24, 2.45) is 5.92 Å². The number of ether oxygens (including phenoxy) is 1. The predicted molar refractivity (Wildman–Crippen MR) is 106 cm³/mol. The Morgan fingerprint density at radius 1 is 1.31 bits per heavy atom. The van der Waals surface area contributed by atoms with E-state index in [1.807, 2.05) is 11.8 Å². The molecule has 1 saturated heterocycles. The second-order valence-electron chi connectivity index (χ2n) is 6.37. The summed E-state index contributed by atoms with van der Waals surface area (Å²) in [5, 5.41) is 5.56. The highest BCUT2D eigenvalue weighted by molar-refractivity contribution is 7.99. The Hall–Kier alpha value is -2.20. The van der Waals surface area contributed by atoms with Crippen LogP contribution < -0.4 is 15.4 Å². The van der Waals surface area contributed by atoms with Gasteiger partial charge in [0.1, 0.15) is 0 Å². The molecular weight excluding hydrogens is 429 g/mol. The molecule has 0 atom stereocenters. The van der Waals surface area contributed by atoms with Crippen molar-refractivity contribution in [2.75, 3.05) is 23.4 Å². The van der Waals surface area contributed by atoms with Crippen molar-refractivity contribution < 1.29 is 22.7 Å². The minimum atomic E-state index is -4.83. The van der Waals surface area contributed by atoms with E-state index in [1.54, 1.807) is 18.2 Å². The first kappa shape index (κ1) is 21.5. The maximum Gasteiger partial charge on any atom is 0.437 e. The first-order valence-corrected chi connectivity index (χ1v) is 10.3. The molecule has 0 aliphatic carbocycles. The molecule has 1 aliphatic heterocycles. The van der Waals surface area contributed by atoms with Gasteiger partial charge in [-0.1, -0.05) is 17.7 Å². The number of carbonyl (C=O) groups is 1. The number of hydrogen-bond donors (Lipinski definition) is 2. The van der Waals surface area contributed by atoms with Crippen LogP contribution in [-0.2, 0) is 6.18 Å². The molecule has 0 bridgehead atoms. The van der Waals surface area contributed by atoms with E-state index in [4.69, 9.17) is 16.3 Å². The Morgan fingerprint density at radius 2 is 2.07 bits per heavy atom. The Labute approximate surface area is 174 Å². The van der Waals surface area contributed by atoms with Crippen LogP contribution in [0.2, 0.25) is 5.02 Å². The first-order chi connectivity index (χ1) is 13.8. The number of alkyl halides is 3. The van der Waals surface area contributed by atoms with Gasteiger partial charge < -0.3 is 15.4 Å². The van der Waals surface area contributed by atoms with Gasteiger partial charge in [-0.2, -0.15) is 24.9 Å². The third kappa shape index (κ3) is 6.40. The van der Waals surface area contributed by atoms with Crippen molar-refractivity contribution in [3.63, 3.8) is 0 Å². The van der Waals surface area contributed by atoms with Gasteiger partial charge >= 0.3 is 12.3 Å². The van der Waals surface area contributed by atoms with Crippen LogP contribution >= 0.6 is 23.4 Å². The summed E-state index contributed by atoms with van der Waals surface area (Å²) in [4.78, 5) is 19.2. The van der Waals surface area contributed by atoms with E-state index in [2.05, 4.69) is 20.6 Å². The minimum Gasteiger partial charge on any atom is -0.406 e. The molecule has 29 heavy (non-hydrogen) atoms. The van der Waals surface area contributed by atoms with Gasteiger partial charge in [0.25, 0.3) is 0 Å². The smallest absolute Gasteiger partial charge is 0.406 e. The van der Waals surface area contributed by atoms with Crippen LogP contribution in [0, 0.1) is 5.92 Å². The molecule has 2 heterocycles. The summed E-state index contributed by atoms with van der Waals surface area (Å²) in [6.45, 7) is 0.357. The van der Waals surface area contributed by atoms with E-state index in [0.717, 1.165) is 30.5 Å². The highest BCUT2D eigenvalue weighted by atomic mass is 35.5. The molecule has 0 unspecified atom stereocenters. The maximum atomic E-state index is 13.4. The third-order valence-corrected chi connectivity index (χ3v) is 5.47. The average Bonchev–Trinajstić information content (AvgIpc) is 2.68. The highest BCUT2D eigenvalue weighted by Crippen LogP contribution is 2.35. The molecule has 11 heteroatoms. The van der Waals surface area contributed by atoms with Gasteiger partial charge in [-0.25, -0.2) is 14.8 Å². The van der Waals surface area contributed by atoms with Crippen LogP contribution in [0.25, 0.3) is 0 Å². The summed E-state index contributed by atoms with van der Waals surface area (Å²) in [5.74, 6) is 1.26. The van der Waals surface area contributed by atoms with Crippen LogP contribution in [0.3, 0.4) is 0 Å². The standard InChI is InChI=1S/C18H18ClF3N4O2S/c19-12-2-1-3-13(8-12)25-16-23-10-14(15(26-16)18(20,21)22)28-17(27)24-9-11-4-6-29-7-5-11/h1-3,8,10-11H,4-7,9H2,(H,24,27)(H,23,25,26). The fourth-order valence-electron chi connectivity index (χ4n) is 2.72. The summed E-state index contributed by atoms with van der Waals surface area (Å²) in [7, 11) is 0. The number of benzene rings is 1. The fraction of sp³-hybridized carbons (Fsp3) is 0.389. The van der Waals surface area contributed by atoms with Crippen molar-refractivity contribution in [2.45, 2.75) is 19.0 Å². The number of aromatic nitrogens is 2. The molecule has 3 rings (SSSR count). The molecular formula is C18H18ClF3N4O2S. The van der Waals surface area contributed by atoms with E-state index >= 15 is 0 Å². The average molecular weight is 447 g/mol. The molecule has 1 amide bonds. The summed E-state index contributed by atoms with van der Waals surface area (Å²) in [6, 6.07) is 6.36. The molecule has 1 aromatic heterocycles. The highest BCUT2D eigenvalue weighted by Gasteiger charge is 2.38. The van der Waals surface area contributed by atoms with Crippen LogP contribution in [-0.4, -0.2) is 34.1 Å². The molecule has 2 aromatic rings. The lowest BCUT2D eigenvalue weighted by atomic mass is 10.0. The maximum absolute atomic E-state index is 13.4. The zero-order valence-corrected chi connectivity index (χ0v) is 16.7. The van der Waals surface area contributed by atoms with Crippen molar-refractivity contribution in [1.29, 1.82) is 0 Å². The van der Waals surface area contributed by atoms with Crippen molar-refractivity contribution in [3.05, 3.63) is 41.2 Å². The number of hydrogen-bond acceptors (Lipinski definition) is 6. The molecule has 0 saturated carbocycles. The number of rotatable bonds is 5. The second kappa shape index (κ2) is 9.53. The van der Waals surface area contributed by atoms with Crippen LogP contribution in [0.4, 0.5) is 29.6 Å². The van der Waals surface area contributed by atoms with Crippen LogP contribution in [0.5, 0.6) is 5.75 Å². The van der Waals surface area contributed by atoms with E-state index in [9.17, 15) is 18.0 Å². The van der Waals surface area contributed by atoms with Crippen molar-refractivity contribution >= 4 is 41.1 Å². The van der Waals surface area contributed by atoms with Crippen molar-refractivity contribution in [1.82, 2.24) is 15.3 Å². The number of anilines is 2. The lowest BCUT2D eigenvalue weighted by Crippen LogP contribution is -2.33. The SMILES string of the molecule is O=C(NCC1CCSCC1)Oc1cnc(Nc2cccc(Cl)c2)nc1C(F)(F)F. The zero-order chi connectivity index (χ0) is 20.9. The van der Waals surface area contributed by atoms with Gasteiger partial charge in [0.2, 0.25) is 5.95 Å². The van der Waals surface area contributed by atoms with E-state index < -0.39 is 23.7 Å². The minimum absolute atomic E-state index is 0.298. The number of amides is 1. The summed E-state index contributed by atoms with van der Waals surface area (Å²) < 4.78 is 45.1.